The van der Waals surface area contributed by atoms with Gasteiger partial charge < -0.3 is 10.2 Å². The number of nitrogens with zero attached hydrogens (tertiary/aromatic N) is 1. The third-order valence-corrected chi connectivity index (χ3v) is 3.98. The Morgan fingerprint density at radius 2 is 2.20 bits per heavy atom. The first kappa shape index (κ1) is 14.9. The third-order valence-electron chi connectivity index (χ3n) is 3.98. The minimum atomic E-state index is -0.492. The highest BCUT2D eigenvalue weighted by atomic mass is 19.1. The van der Waals surface area contributed by atoms with Crippen molar-refractivity contribution in [3.05, 3.63) is 35.4 Å². The molecule has 1 aromatic carbocycles. The summed E-state index contributed by atoms with van der Waals surface area (Å²) >= 11 is 0. The van der Waals surface area contributed by atoms with Crippen molar-refractivity contribution in [2.75, 3.05) is 20.1 Å². The van der Waals surface area contributed by atoms with Crippen LogP contribution in [0.25, 0.3) is 0 Å². The number of rotatable bonds is 3. The number of hydrogen-bond acceptors (Lipinski definition) is 2. The number of hydrogen-bond donors (Lipinski definition) is 1. The molecular formula is C15H20F2N2O. The topological polar surface area (TPSA) is 32.3 Å². The van der Waals surface area contributed by atoms with E-state index >= 15 is 0 Å². The van der Waals surface area contributed by atoms with Crippen LogP contribution in [0.5, 0.6) is 0 Å². The predicted octanol–water partition coefficient (Wildman–Crippen LogP) is 2.48. The summed E-state index contributed by atoms with van der Waals surface area (Å²) in [5.41, 5.74) is 0.213. The van der Waals surface area contributed by atoms with Crippen molar-refractivity contribution in [3.63, 3.8) is 0 Å². The summed E-state index contributed by atoms with van der Waals surface area (Å²) < 4.78 is 27.0. The predicted molar refractivity (Wildman–Crippen MR) is 73.1 cm³/mol. The zero-order chi connectivity index (χ0) is 14.7. The van der Waals surface area contributed by atoms with Crippen molar-refractivity contribution in [2.45, 2.75) is 25.8 Å². The van der Waals surface area contributed by atoms with Crippen LogP contribution in [0.2, 0.25) is 0 Å². The van der Waals surface area contributed by atoms with Crippen molar-refractivity contribution < 1.29 is 13.6 Å². The van der Waals surface area contributed by atoms with Gasteiger partial charge in [-0.3, -0.25) is 4.79 Å². The Kier molecular flexibility index (Phi) is 4.70. The normalized spacial score (nSPS) is 20.5. The number of amides is 1. The number of nitrogens with one attached hydrogen (secondary N) is 1. The lowest BCUT2D eigenvalue weighted by molar-refractivity contribution is -0.136. The maximum absolute atomic E-state index is 13.8. The minimum absolute atomic E-state index is 0.0200. The van der Waals surface area contributed by atoms with E-state index in [0.29, 0.717) is 6.54 Å². The van der Waals surface area contributed by atoms with Crippen LogP contribution in [-0.2, 0) is 4.79 Å². The Morgan fingerprint density at radius 3 is 2.85 bits per heavy atom. The molecular weight excluding hydrogens is 262 g/mol. The van der Waals surface area contributed by atoms with Gasteiger partial charge in [0.15, 0.2) is 0 Å². The highest BCUT2D eigenvalue weighted by molar-refractivity contribution is 5.79. The smallest absolute Gasteiger partial charge is 0.227 e. The van der Waals surface area contributed by atoms with Gasteiger partial charge in [0.1, 0.15) is 11.6 Å². The molecule has 20 heavy (non-hydrogen) atoms. The Hall–Kier alpha value is -1.49. The van der Waals surface area contributed by atoms with Gasteiger partial charge in [-0.25, -0.2) is 8.78 Å². The van der Waals surface area contributed by atoms with Crippen LogP contribution in [0.4, 0.5) is 8.78 Å². The second kappa shape index (κ2) is 6.31. The summed E-state index contributed by atoms with van der Waals surface area (Å²) in [4.78, 5) is 13.9. The maximum Gasteiger partial charge on any atom is 0.227 e. The maximum atomic E-state index is 13.8. The van der Waals surface area contributed by atoms with Gasteiger partial charge in [0, 0.05) is 19.2 Å². The molecule has 0 bridgehead atoms. The van der Waals surface area contributed by atoms with Crippen LogP contribution in [0, 0.1) is 17.6 Å². The first-order valence-corrected chi connectivity index (χ1v) is 6.93. The van der Waals surface area contributed by atoms with E-state index in [9.17, 15) is 13.6 Å². The molecule has 1 heterocycles. The van der Waals surface area contributed by atoms with Gasteiger partial charge in [-0.2, -0.15) is 0 Å². The van der Waals surface area contributed by atoms with Gasteiger partial charge >= 0.3 is 0 Å². The molecule has 1 unspecified atom stereocenters. The SMILES string of the molecule is CC(c1cc(F)ccc1F)N(C)C(=O)[C@@H]1CCCNC1. The summed E-state index contributed by atoms with van der Waals surface area (Å²) in [7, 11) is 1.64. The fourth-order valence-corrected chi connectivity index (χ4v) is 2.58. The van der Waals surface area contributed by atoms with Crippen molar-refractivity contribution in [1.29, 1.82) is 0 Å². The Bertz CT molecular complexity index is 487. The molecule has 3 nitrogen and oxygen atoms in total. The first-order chi connectivity index (χ1) is 9.50. The summed E-state index contributed by atoms with van der Waals surface area (Å²) in [5.74, 6) is -1.07. The van der Waals surface area contributed by atoms with Gasteiger partial charge in [-0.1, -0.05) is 0 Å². The van der Waals surface area contributed by atoms with E-state index in [-0.39, 0.29) is 17.4 Å². The molecule has 2 rings (SSSR count). The zero-order valence-corrected chi connectivity index (χ0v) is 11.8. The van der Waals surface area contributed by atoms with E-state index in [0.717, 1.165) is 37.6 Å². The van der Waals surface area contributed by atoms with Crippen molar-refractivity contribution in [2.24, 2.45) is 5.92 Å². The summed E-state index contributed by atoms with van der Waals surface area (Å²) in [6, 6.07) is 2.85. The van der Waals surface area contributed by atoms with Crippen LogP contribution >= 0.6 is 0 Å². The van der Waals surface area contributed by atoms with E-state index in [1.807, 2.05) is 0 Å². The van der Waals surface area contributed by atoms with Crippen LogP contribution in [0.15, 0.2) is 18.2 Å². The summed E-state index contributed by atoms with van der Waals surface area (Å²) in [5, 5.41) is 3.19. The number of carbonyl (C=O) groups excluding carboxylic acids is 1. The number of benzene rings is 1. The highest BCUT2D eigenvalue weighted by Crippen LogP contribution is 2.25. The highest BCUT2D eigenvalue weighted by Gasteiger charge is 2.28. The van der Waals surface area contributed by atoms with E-state index in [2.05, 4.69) is 5.32 Å². The molecule has 1 saturated heterocycles. The molecule has 0 aromatic heterocycles. The molecule has 1 aliphatic heterocycles. The number of piperidine rings is 1. The van der Waals surface area contributed by atoms with E-state index in [4.69, 9.17) is 0 Å². The minimum Gasteiger partial charge on any atom is -0.339 e. The molecule has 5 heteroatoms. The fourth-order valence-electron chi connectivity index (χ4n) is 2.58. The molecule has 1 fully saturated rings. The summed E-state index contributed by atoms with van der Waals surface area (Å²) in [6.45, 7) is 3.30. The second-order valence-electron chi connectivity index (χ2n) is 5.33. The van der Waals surface area contributed by atoms with Gasteiger partial charge in [0.25, 0.3) is 0 Å². The van der Waals surface area contributed by atoms with E-state index in [1.54, 1.807) is 14.0 Å². The van der Waals surface area contributed by atoms with Crippen LogP contribution in [0.3, 0.4) is 0 Å². The molecule has 1 aliphatic rings. The lowest BCUT2D eigenvalue weighted by Gasteiger charge is -2.31. The van der Waals surface area contributed by atoms with Crippen LogP contribution in [-0.4, -0.2) is 30.9 Å². The van der Waals surface area contributed by atoms with Gasteiger partial charge in [0.05, 0.1) is 12.0 Å². The van der Waals surface area contributed by atoms with Crippen molar-refractivity contribution >= 4 is 5.91 Å². The largest absolute Gasteiger partial charge is 0.339 e. The van der Waals surface area contributed by atoms with Crippen molar-refractivity contribution in [3.8, 4) is 0 Å². The monoisotopic (exact) mass is 282 g/mol. The fraction of sp³-hybridized carbons (Fsp3) is 0.533. The van der Waals surface area contributed by atoms with E-state index in [1.165, 1.54) is 4.90 Å². The molecule has 0 saturated carbocycles. The Balaban J connectivity index is 2.12. The zero-order valence-electron chi connectivity index (χ0n) is 11.8. The standard InChI is InChI=1S/C15H20F2N2O/c1-10(13-8-12(16)5-6-14(13)17)19(2)15(20)11-4-3-7-18-9-11/h5-6,8,10-11,18H,3-4,7,9H2,1-2H3/t10?,11-/m1/s1. The van der Waals surface area contributed by atoms with Gasteiger partial charge in [-0.15, -0.1) is 0 Å². The average molecular weight is 282 g/mol. The number of carbonyl (C=O) groups is 1. The Morgan fingerprint density at radius 1 is 1.45 bits per heavy atom. The van der Waals surface area contributed by atoms with E-state index < -0.39 is 17.7 Å². The molecule has 110 valence electrons. The lowest BCUT2D eigenvalue weighted by atomic mass is 9.96. The van der Waals surface area contributed by atoms with Crippen LogP contribution in [0.1, 0.15) is 31.4 Å². The Labute approximate surface area is 118 Å². The lowest BCUT2D eigenvalue weighted by Crippen LogP contribution is -2.42. The molecule has 0 aliphatic carbocycles. The van der Waals surface area contributed by atoms with Gasteiger partial charge in [-0.05, 0) is 44.5 Å². The van der Waals surface area contributed by atoms with Gasteiger partial charge in [0.2, 0.25) is 5.91 Å². The van der Waals surface area contributed by atoms with Crippen LogP contribution < -0.4 is 5.32 Å². The molecule has 1 N–H and O–H groups in total. The third kappa shape index (κ3) is 3.15. The molecule has 1 amide bonds. The quantitative estimate of drug-likeness (QED) is 0.923. The summed E-state index contributed by atoms with van der Waals surface area (Å²) in [6.07, 6.45) is 1.81. The molecule has 0 radical (unpaired) electrons. The second-order valence-corrected chi connectivity index (χ2v) is 5.33. The molecule has 0 spiro atoms. The first-order valence-electron chi connectivity index (χ1n) is 6.93. The average Bonchev–Trinajstić information content (AvgIpc) is 2.48. The molecule has 1 aromatic rings. The molecule has 2 atom stereocenters. The van der Waals surface area contributed by atoms with Crippen molar-refractivity contribution in [1.82, 2.24) is 10.2 Å². The number of halogens is 2.